The Bertz CT molecular complexity index is 93.3. The van der Waals surface area contributed by atoms with Gasteiger partial charge in [0.2, 0.25) is 0 Å². The van der Waals surface area contributed by atoms with Gasteiger partial charge >= 0.3 is 0 Å². The third-order valence-electron chi connectivity index (χ3n) is 1.79. The minimum Gasteiger partial charge on any atom is -0.350 e. The van der Waals surface area contributed by atoms with Gasteiger partial charge in [-0.1, -0.05) is 20.3 Å². The number of hydrogen-bond acceptors (Lipinski definition) is 2. The molecule has 10 heavy (non-hydrogen) atoms. The van der Waals surface area contributed by atoms with Crippen LogP contribution in [-0.4, -0.2) is 19.0 Å². The molecule has 1 unspecified atom stereocenters. The van der Waals surface area contributed by atoms with Crippen molar-refractivity contribution in [2.45, 2.75) is 45.5 Å². The zero-order chi connectivity index (χ0) is 7.40. The van der Waals surface area contributed by atoms with Crippen LogP contribution in [0.4, 0.5) is 0 Å². The van der Waals surface area contributed by atoms with Crippen LogP contribution in [0, 0.1) is 0 Å². The van der Waals surface area contributed by atoms with Crippen molar-refractivity contribution in [1.82, 2.24) is 0 Å². The summed E-state index contributed by atoms with van der Waals surface area (Å²) in [7, 11) is 0. The first-order chi connectivity index (χ1) is 4.86. The summed E-state index contributed by atoms with van der Waals surface area (Å²) in [5.74, 6) is 0. The van der Waals surface area contributed by atoms with Crippen LogP contribution in [-0.2, 0) is 9.47 Å². The van der Waals surface area contributed by atoms with Gasteiger partial charge in [0.25, 0.3) is 0 Å². The minimum absolute atomic E-state index is 0.0925. The van der Waals surface area contributed by atoms with Gasteiger partial charge in [-0.3, -0.25) is 0 Å². The zero-order valence-corrected chi connectivity index (χ0v) is 6.80. The Kier molecular flexibility index (Phi) is 3.16. The number of hydrogen-bond donors (Lipinski definition) is 0. The predicted octanol–water partition coefficient (Wildman–Crippen LogP) is 1.94. The molecule has 1 aliphatic rings. The maximum atomic E-state index is 5.53. The molecule has 2 atom stereocenters. The topological polar surface area (TPSA) is 18.5 Å². The summed E-state index contributed by atoms with van der Waals surface area (Å²) in [5, 5.41) is 0. The molecular weight excluding hydrogens is 128 g/mol. The standard InChI is InChI=1S/C8H16O2/c1-3-5-8-9-6-7(4-2)10-8/h7-8H,3-6H2,1-2H3/t7-,8?/m1/s1. The van der Waals surface area contributed by atoms with Crippen molar-refractivity contribution < 1.29 is 9.47 Å². The Labute approximate surface area is 62.5 Å². The van der Waals surface area contributed by atoms with Gasteiger partial charge in [-0.25, -0.2) is 0 Å². The first kappa shape index (κ1) is 8.02. The monoisotopic (exact) mass is 144 g/mol. The second kappa shape index (κ2) is 3.94. The molecule has 0 amide bonds. The highest BCUT2D eigenvalue weighted by Gasteiger charge is 2.22. The molecule has 0 radical (unpaired) electrons. The molecule has 60 valence electrons. The van der Waals surface area contributed by atoms with Crippen molar-refractivity contribution in [2.75, 3.05) is 6.61 Å². The summed E-state index contributed by atoms with van der Waals surface area (Å²) in [6.07, 6.45) is 3.70. The van der Waals surface area contributed by atoms with Crippen molar-refractivity contribution in [2.24, 2.45) is 0 Å². The van der Waals surface area contributed by atoms with E-state index in [9.17, 15) is 0 Å². The van der Waals surface area contributed by atoms with Crippen LogP contribution in [0.15, 0.2) is 0 Å². The van der Waals surface area contributed by atoms with Crippen LogP contribution in [0.5, 0.6) is 0 Å². The van der Waals surface area contributed by atoms with E-state index in [1.807, 2.05) is 0 Å². The Morgan fingerprint density at radius 1 is 1.40 bits per heavy atom. The van der Waals surface area contributed by atoms with Crippen LogP contribution < -0.4 is 0 Å². The van der Waals surface area contributed by atoms with Gasteiger partial charge in [0.15, 0.2) is 6.29 Å². The van der Waals surface area contributed by atoms with E-state index in [1.54, 1.807) is 0 Å². The SMILES string of the molecule is CCCC1OC[C@@H](CC)O1. The molecule has 0 aromatic carbocycles. The van der Waals surface area contributed by atoms with E-state index in [-0.39, 0.29) is 6.29 Å². The molecule has 0 aliphatic carbocycles. The quantitative estimate of drug-likeness (QED) is 0.602. The largest absolute Gasteiger partial charge is 0.350 e. The van der Waals surface area contributed by atoms with Gasteiger partial charge in [-0.2, -0.15) is 0 Å². The van der Waals surface area contributed by atoms with Gasteiger partial charge in [-0.15, -0.1) is 0 Å². The Balaban J connectivity index is 2.15. The molecule has 1 aliphatic heterocycles. The van der Waals surface area contributed by atoms with Crippen LogP contribution in [0.3, 0.4) is 0 Å². The molecular formula is C8H16O2. The van der Waals surface area contributed by atoms with Crippen molar-refractivity contribution in [3.63, 3.8) is 0 Å². The van der Waals surface area contributed by atoms with Gasteiger partial charge in [0, 0.05) is 0 Å². The summed E-state index contributed by atoms with van der Waals surface area (Å²) >= 11 is 0. The first-order valence-electron chi connectivity index (χ1n) is 4.13. The summed E-state index contributed by atoms with van der Waals surface area (Å²) in [5.41, 5.74) is 0. The summed E-state index contributed by atoms with van der Waals surface area (Å²) < 4.78 is 10.9. The molecule has 0 N–H and O–H groups in total. The average molecular weight is 144 g/mol. The lowest BCUT2D eigenvalue weighted by atomic mass is 10.3. The third kappa shape index (κ3) is 1.96. The Morgan fingerprint density at radius 2 is 2.20 bits per heavy atom. The van der Waals surface area contributed by atoms with E-state index in [0.29, 0.717) is 6.10 Å². The highest BCUT2D eigenvalue weighted by Crippen LogP contribution is 2.17. The predicted molar refractivity (Wildman–Crippen MR) is 39.8 cm³/mol. The second-order valence-electron chi connectivity index (χ2n) is 2.72. The maximum Gasteiger partial charge on any atom is 0.158 e. The molecule has 0 saturated carbocycles. The lowest BCUT2D eigenvalue weighted by molar-refractivity contribution is -0.0624. The Morgan fingerprint density at radius 3 is 2.70 bits per heavy atom. The first-order valence-corrected chi connectivity index (χ1v) is 4.13. The molecule has 0 aromatic heterocycles. The van der Waals surface area contributed by atoms with E-state index in [2.05, 4.69) is 13.8 Å². The van der Waals surface area contributed by atoms with E-state index < -0.39 is 0 Å². The summed E-state index contributed by atoms with van der Waals surface area (Å²) in [6.45, 7) is 5.06. The summed E-state index contributed by atoms with van der Waals surface area (Å²) in [4.78, 5) is 0. The molecule has 2 heteroatoms. The molecule has 1 fully saturated rings. The fourth-order valence-corrected chi connectivity index (χ4v) is 1.11. The smallest absolute Gasteiger partial charge is 0.158 e. The van der Waals surface area contributed by atoms with Crippen molar-refractivity contribution in [3.8, 4) is 0 Å². The maximum absolute atomic E-state index is 5.53. The van der Waals surface area contributed by atoms with Crippen LogP contribution >= 0.6 is 0 Å². The van der Waals surface area contributed by atoms with Gasteiger partial charge in [0.05, 0.1) is 12.7 Å². The number of rotatable bonds is 3. The fourth-order valence-electron chi connectivity index (χ4n) is 1.11. The normalized spacial score (nSPS) is 33.0. The lowest BCUT2D eigenvalue weighted by Gasteiger charge is -2.07. The van der Waals surface area contributed by atoms with Crippen LogP contribution in [0.2, 0.25) is 0 Å². The Hall–Kier alpha value is -0.0800. The molecule has 0 spiro atoms. The van der Waals surface area contributed by atoms with Gasteiger partial charge in [0.1, 0.15) is 0 Å². The van der Waals surface area contributed by atoms with E-state index in [4.69, 9.17) is 9.47 Å². The minimum atomic E-state index is 0.0925. The van der Waals surface area contributed by atoms with Crippen molar-refractivity contribution >= 4 is 0 Å². The highest BCUT2D eigenvalue weighted by molar-refractivity contribution is 4.62. The lowest BCUT2D eigenvalue weighted by Crippen LogP contribution is -2.10. The van der Waals surface area contributed by atoms with Gasteiger partial charge < -0.3 is 9.47 Å². The van der Waals surface area contributed by atoms with Crippen molar-refractivity contribution in [3.05, 3.63) is 0 Å². The fraction of sp³-hybridized carbons (Fsp3) is 1.00. The van der Waals surface area contributed by atoms with E-state index >= 15 is 0 Å². The van der Waals surface area contributed by atoms with Crippen molar-refractivity contribution in [1.29, 1.82) is 0 Å². The van der Waals surface area contributed by atoms with Gasteiger partial charge in [-0.05, 0) is 12.8 Å². The molecule has 1 rings (SSSR count). The second-order valence-corrected chi connectivity index (χ2v) is 2.72. The third-order valence-corrected chi connectivity index (χ3v) is 1.79. The molecule has 0 aromatic rings. The number of ether oxygens (including phenoxy) is 2. The highest BCUT2D eigenvalue weighted by atomic mass is 16.7. The zero-order valence-electron chi connectivity index (χ0n) is 6.80. The molecule has 1 heterocycles. The average Bonchev–Trinajstić information content (AvgIpc) is 2.37. The molecule has 1 saturated heterocycles. The van der Waals surface area contributed by atoms with Crippen LogP contribution in [0.1, 0.15) is 33.1 Å². The molecule has 0 bridgehead atoms. The van der Waals surface area contributed by atoms with E-state index in [1.165, 1.54) is 0 Å². The molecule has 2 nitrogen and oxygen atoms in total. The van der Waals surface area contributed by atoms with Crippen LogP contribution in [0.25, 0.3) is 0 Å². The summed E-state index contributed by atoms with van der Waals surface area (Å²) in [6, 6.07) is 0. The van der Waals surface area contributed by atoms with E-state index in [0.717, 1.165) is 25.9 Å².